The molecule has 1 N–H and O–H groups in total. The van der Waals surface area contributed by atoms with Crippen LogP contribution in [0.15, 0.2) is 12.2 Å². The van der Waals surface area contributed by atoms with Gasteiger partial charge in [-0.05, 0) is 43.6 Å². The number of hydrogen-bond donors (Lipinski definition) is 1. The van der Waals surface area contributed by atoms with E-state index in [4.69, 9.17) is 5.11 Å². The highest BCUT2D eigenvalue weighted by atomic mass is 16.2. The van der Waals surface area contributed by atoms with Gasteiger partial charge in [-0.1, -0.05) is 44.1 Å². The first-order chi connectivity index (χ1) is 8.41. The van der Waals surface area contributed by atoms with E-state index in [9.17, 15) is 0 Å². The summed E-state index contributed by atoms with van der Waals surface area (Å²) >= 11 is 0. The van der Waals surface area contributed by atoms with Crippen molar-refractivity contribution in [2.24, 2.45) is 0 Å². The van der Waals surface area contributed by atoms with Crippen LogP contribution >= 0.6 is 0 Å². The number of aliphatic hydroxyl groups is 1. The van der Waals surface area contributed by atoms with E-state index in [0.717, 1.165) is 25.7 Å². The smallest absolute Gasteiger partial charge is 0.0431 e. The van der Waals surface area contributed by atoms with Crippen molar-refractivity contribution in [1.29, 1.82) is 0 Å². The molecule has 0 saturated heterocycles. The summed E-state index contributed by atoms with van der Waals surface area (Å²) in [4.78, 5) is 0. The maximum Gasteiger partial charge on any atom is 0.0431 e. The molecule has 0 unspecified atom stereocenters. The van der Waals surface area contributed by atoms with Gasteiger partial charge in [0.25, 0.3) is 0 Å². The maximum absolute atomic E-state index is 8.56. The van der Waals surface area contributed by atoms with Crippen molar-refractivity contribution in [3.05, 3.63) is 12.2 Å². The molecular formula is C16H24O. The molecule has 0 aromatic heterocycles. The Bertz CT molecular complexity index is 293. The van der Waals surface area contributed by atoms with Crippen molar-refractivity contribution >= 4 is 0 Å². The molecule has 0 radical (unpaired) electrons. The Labute approximate surface area is 106 Å². The number of unbranched alkanes of at least 4 members (excludes halogenated alkanes) is 6. The topological polar surface area (TPSA) is 20.2 Å². The first-order valence-electron chi connectivity index (χ1n) is 6.66. The zero-order valence-electron chi connectivity index (χ0n) is 11.0. The van der Waals surface area contributed by atoms with Crippen LogP contribution in [0, 0.1) is 23.7 Å². The van der Waals surface area contributed by atoms with E-state index >= 15 is 0 Å². The molecule has 0 aromatic carbocycles. The van der Waals surface area contributed by atoms with Gasteiger partial charge >= 0.3 is 0 Å². The fraction of sp³-hybridized carbons (Fsp3) is 0.625. The SMILES string of the molecule is CCCCCC/C=C\C#CC#CCCCCO. The van der Waals surface area contributed by atoms with Gasteiger partial charge in [0, 0.05) is 13.0 Å². The average molecular weight is 232 g/mol. The van der Waals surface area contributed by atoms with Gasteiger partial charge in [0.2, 0.25) is 0 Å². The molecule has 0 saturated carbocycles. The average Bonchev–Trinajstić information content (AvgIpc) is 2.35. The van der Waals surface area contributed by atoms with Gasteiger partial charge < -0.3 is 5.11 Å². The van der Waals surface area contributed by atoms with Crippen LogP contribution in [0.1, 0.15) is 58.3 Å². The van der Waals surface area contributed by atoms with E-state index in [1.54, 1.807) is 0 Å². The minimum Gasteiger partial charge on any atom is -0.396 e. The van der Waals surface area contributed by atoms with Crippen LogP contribution in [-0.2, 0) is 0 Å². The summed E-state index contributed by atoms with van der Waals surface area (Å²) in [5.74, 6) is 11.5. The molecule has 0 rings (SSSR count). The summed E-state index contributed by atoms with van der Waals surface area (Å²) in [6, 6.07) is 0. The fourth-order valence-electron chi connectivity index (χ4n) is 1.34. The van der Waals surface area contributed by atoms with E-state index in [1.807, 2.05) is 6.08 Å². The van der Waals surface area contributed by atoms with E-state index in [0.29, 0.717) is 0 Å². The minimum atomic E-state index is 0.258. The minimum absolute atomic E-state index is 0.258. The van der Waals surface area contributed by atoms with Gasteiger partial charge in [0.05, 0.1) is 0 Å². The first kappa shape index (κ1) is 15.8. The number of allylic oxidation sites excluding steroid dienone is 2. The van der Waals surface area contributed by atoms with Crippen molar-refractivity contribution in [1.82, 2.24) is 0 Å². The lowest BCUT2D eigenvalue weighted by Gasteiger charge is -1.92. The highest BCUT2D eigenvalue weighted by Gasteiger charge is 1.83. The lowest BCUT2D eigenvalue weighted by atomic mass is 10.1. The predicted octanol–water partition coefficient (Wildman–Crippen LogP) is 3.68. The van der Waals surface area contributed by atoms with Crippen molar-refractivity contribution in [3.63, 3.8) is 0 Å². The molecule has 0 spiro atoms. The summed E-state index contributed by atoms with van der Waals surface area (Å²) in [7, 11) is 0. The normalized spacial score (nSPS) is 9.53. The van der Waals surface area contributed by atoms with Crippen molar-refractivity contribution < 1.29 is 5.11 Å². The van der Waals surface area contributed by atoms with Gasteiger partial charge in [0.15, 0.2) is 0 Å². The van der Waals surface area contributed by atoms with Gasteiger partial charge in [-0.3, -0.25) is 0 Å². The number of hydrogen-bond acceptors (Lipinski definition) is 1. The Morgan fingerprint density at radius 1 is 1.00 bits per heavy atom. The lowest BCUT2D eigenvalue weighted by Crippen LogP contribution is -1.80. The van der Waals surface area contributed by atoms with Gasteiger partial charge in [-0.2, -0.15) is 0 Å². The van der Waals surface area contributed by atoms with E-state index in [-0.39, 0.29) is 6.61 Å². The first-order valence-corrected chi connectivity index (χ1v) is 6.66. The Balaban J connectivity index is 3.42. The van der Waals surface area contributed by atoms with Crippen molar-refractivity contribution in [3.8, 4) is 23.7 Å². The predicted molar refractivity (Wildman–Crippen MR) is 74.4 cm³/mol. The molecule has 0 amide bonds. The molecule has 0 heterocycles. The Morgan fingerprint density at radius 2 is 1.88 bits per heavy atom. The summed E-state index contributed by atoms with van der Waals surface area (Å²) in [5, 5.41) is 8.56. The molecule has 0 aliphatic heterocycles. The number of aliphatic hydroxyl groups excluding tert-OH is 1. The maximum atomic E-state index is 8.56. The second kappa shape index (κ2) is 14.8. The lowest BCUT2D eigenvalue weighted by molar-refractivity contribution is 0.285. The summed E-state index contributed by atoms with van der Waals surface area (Å²) in [6.45, 7) is 2.48. The third-order valence-corrected chi connectivity index (χ3v) is 2.36. The van der Waals surface area contributed by atoms with Gasteiger partial charge in [0.1, 0.15) is 0 Å². The highest BCUT2D eigenvalue weighted by molar-refractivity contribution is 5.30. The van der Waals surface area contributed by atoms with Crippen LogP contribution in [0.4, 0.5) is 0 Å². The summed E-state index contributed by atoms with van der Waals surface area (Å²) < 4.78 is 0. The molecule has 1 nitrogen and oxygen atoms in total. The standard InChI is InChI=1S/C16H24O/c1-2-3-4-5-6-7-8-9-10-11-12-13-14-15-16-17/h7-8,17H,2-6,13-16H2,1H3/b8-7-. The van der Waals surface area contributed by atoms with Crippen LogP contribution in [0.3, 0.4) is 0 Å². The Kier molecular flexibility index (Phi) is 13.8. The molecule has 0 atom stereocenters. The monoisotopic (exact) mass is 232 g/mol. The van der Waals surface area contributed by atoms with Crippen molar-refractivity contribution in [2.45, 2.75) is 58.3 Å². The third kappa shape index (κ3) is 14.8. The van der Waals surface area contributed by atoms with Crippen LogP contribution < -0.4 is 0 Å². The molecule has 94 valence electrons. The molecule has 1 heteroatoms. The molecule has 0 aromatic rings. The van der Waals surface area contributed by atoms with Crippen LogP contribution in [0.25, 0.3) is 0 Å². The fourth-order valence-corrected chi connectivity index (χ4v) is 1.34. The number of rotatable bonds is 8. The second-order valence-electron chi connectivity index (χ2n) is 4.00. The molecule has 0 bridgehead atoms. The quantitative estimate of drug-likeness (QED) is 0.500. The zero-order valence-corrected chi connectivity index (χ0v) is 11.0. The third-order valence-electron chi connectivity index (χ3n) is 2.36. The van der Waals surface area contributed by atoms with E-state index < -0.39 is 0 Å². The molecule has 17 heavy (non-hydrogen) atoms. The van der Waals surface area contributed by atoms with Crippen LogP contribution in [0.2, 0.25) is 0 Å². The van der Waals surface area contributed by atoms with Gasteiger partial charge in [-0.15, -0.1) is 0 Å². The molecule has 0 aliphatic carbocycles. The largest absolute Gasteiger partial charge is 0.396 e. The van der Waals surface area contributed by atoms with Crippen molar-refractivity contribution in [2.75, 3.05) is 6.61 Å². The molecule has 0 aliphatic rings. The van der Waals surface area contributed by atoms with E-state index in [2.05, 4.69) is 36.7 Å². The van der Waals surface area contributed by atoms with Crippen LogP contribution in [-0.4, -0.2) is 11.7 Å². The molecular weight excluding hydrogens is 208 g/mol. The summed E-state index contributed by atoms with van der Waals surface area (Å²) in [6.07, 6.45) is 13.0. The van der Waals surface area contributed by atoms with Gasteiger partial charge in [-0.25, -0.2) is 0 Å². The Hall–Kier alpha value is -1.18. The Morgan fingerprint density at radius 3 is 2.65 bits per heavy atom. The molecule has 0 fully saturated rings. The zero-order chi connectivity index (χ0) is 12.6. The van der Waals surface area contributed by atoms with E-state index in [1.165, 1.54) is 25.7 Å². The second-order valence-corrected chi connectivity index (χ2v) is 4.00. The van der Waals surface area contributed by atoms with Crippen LogP contribution in [0.5, 0.6) is 0 Å². The highest BCUT2D eigenvalue weighted by Crippen LogP contribution is 2.02. The summed E-state index contributed by atoms with van der Waals surface area (Å²) in [5.41, 5.74) is 0.